The van der Waals surface area contributed by atoms with Gasteiger partial charge in [-0.05, 0) is 55.5 Å². The Kier molecular flexibility index (Phi) is 6.28. The van der Waals surface area contributed by atoms with Crippen molar-refractivity contribution in [2.75, 3.05) is 36.6 Å². The smallest absolute Gasteiger partial charge is 0.255 e. The second-order valence-corrected chi connectivity index (χ2v) is 8.33. The van der Waals surface area contributed by atoms with Crippen molar-refractivity contribution in [3.8, 4) is 17.0 Å². The molecule has 1 N–H and O–H groups in total. The molecular formula is C23H25N3O3S. The topological polar surface area (TPSA) is 67.6 Å². The number of thioether (sulfide) groups is 1. The lowest BCUT2D eigenvalue weighted by atomic mass is 10.1. The normalized spacial score (nSPS) is 14.9. The quantitative estimate of drug-likeness (QED) is 0.634. The molecule has 7 heteroatoms. The average Bonchev–Trinajstić information content (AvgIpc) is 3.34. The van der Waals surface area contributed by atoms with Gasteiger partial charge in [-0.1, -0.05) is 0 Å². The third kappa shape index (κ3) is 4.46. The molecule has 4 rings (SSSR count). The molecule has 1 fully saturated rings. The maximum absolute atomic E-state index is 13.1. The summed E-state index contributed by atoms with van der Waals surface area (Å²) in [5.74, 6) is 4.15. The fourth-order valence-corrected chi connectivity index (χ4v) is 4.35. The van der Waals surface area contributed by atoms with Crippen LogP contribution >= 0.6 is 11.8 Å². The van der Waals surface area contributed by atoms with Gasteiger partial charge >= 0.3 is 0 Å². The van der Waals surface area contributed by atoms with Gasteiger partial charge in [-0.25, -0.2) is 4.98 Å². The Hall–Kier alpha value is -2.93. The van der Waals surface area contributed by atoms with Gasteiger partial charge in [0, 0.05) is 30.2 Å². The molecule has 1 atom stereocenters. The van der Waals surface area contributed by atoms with Crippen molar-refractivity contribution in [3.05, 3.63) is 66.1 Å². The number of carbonyl (C=O) groups is 1. The first-order chi connectivity index (χ1) is 14.7. The first kappa shape index (κ1) is 20.3. The summed E-state index contributed by atoms with van der Waals surface area (Å²) < 4.78 is 10.7. The first-order valence-electron chi connectivity index (χ1n) is 9.98. The first-order valence-corrected chi connectivity index (χ1v) is 11.1. The molecule has 0 saturated carbocycles. The number of nitrogens with one attached hydrogen (secondary N) is 1. The Morgan fingerprint density at radius 1 is 1.17 bits per heavy atom. The third-order valence-electron chi connectivity index (χ3n) is 5.13. The van der Waals surface area contributed by atoms with Crippen LogP contribution in [0.2, 0.25) is 0 Å². The molecule has 1 aliphatic rings. The van der Waals surface area contributed by atoms with Crippen LogP contribution in [0.3, 0.4) is 0 Å². The van der Waals surface area contributed by atoms with Crippen molar-refractivity contribution in [2.45, 2.75) is 13.0 Å². The van der Waals surface area contributed by atoms with Crippen molar-refractivity contribution in [1.29, 1.82) is 0 Å². The van der Waals surface area contributed by atoms with Crippen LogP contribution in [0.1, 0.15) is 29.1 Å². The molecule has 1 saturated heterocycles. The minimum absolute atomic E-state index is 0.152. The molecule has 0 aliphatic carbocycles. The van der Waals surface area contributed by atoms with Gasteiger partial charge < -0.3 is 19.4 Å². The number of rotatable bonds is 6. The van der Waals surface area contributed by atoms with Crippen LogP contribution in [0.15, 0.2) is 59.2 Å². The highest BCUT2D eigenvalue weighted by Crippen LogP contribution is 2.28. The highest BCUT2D eigenvalue weighted by Gasteiger charge is 2.23. The maximum Gasteiger partial charge on any atom is 0.255 e. The van der Waals surface area contributed by atoms with E-state index in [1.807, 2.05) is 67.2 Å². The molecule has 0 bridgehead atoms. The summed E-state index contributed by atoms with van der Waals surface area (Å²) in [7, 11) is 1.65. The Morgan fingerprint density at radius 2 is 1.93 bits per heavy atom. The molecule has 6 nitrogen and oxygen atoms in total. The van der Waals surface area contributed by atoms with Gasteiger partial charge in [0.15, 0.2) is 0 Å². The number of carbonyl (C=O) groups excluding carboxylic acids is 1. The van der Waals surface area contributed by atoms with E-state index in [-0.39, 0.29) is 11.9 Å². The van der Waals surface area contributed by atoms with Crippen molar-refractivity contribution >= 4 is 23.5 Å². The summed E-state index contributed by atoms with van der Waals surface area (Å²) in [4.78, 5) is 20.2. The number of anilines is 1. The van der Waals surface area contributed by atoms with E-state index in [2.05, 4.69) is 10.2 Å². The van der Waals surface area contributed by atoms with Crippen LogP contribution in [0, 0.1) is 0 Å². The number of ether oxygens (including phenoxy) is 1. The zero-order chi connectivity index (χ0) is 20.9. The standard InChI is InChI=1S/C23H25N3O3S/c1-16(21-4-3-13-29-21)24-23(27)19-9-10-20(17-5-7-18(28-2)8-6-17)25-22(19)26-11-14-30-15-12-26/h3-10,13,16H,11-12,14-15H2,1-2H3,(H,24,27). The number of benzene rings is 1. The van der Waals surface area contributed by atoms with Crippen LogP contribution < -0.4 is 15.0 Å². The van der Waals surface area contributed by atoms with E-state index in [1.54, 1.807) is 13.4 Å². The number of nitrogens with zero attached hydrogens (tertiary/aromatic N) is 2. The van der Waals surface area contributed by atoms with E-state index in [0.717, 1.165) is 53.2 Å². The summed E-state index contributed by atoms with van der Waals surface area (Å²) in [5.41, 5.74) is 2.40. The van der Waals surface area contributed by atoms with E-state index in [4.69, 9.17) is 14.1 Å². The third-order valence-corrected chi connectivity index (χ3v) is 6.08. The molecule has 3 heterocycles. The van der Waals surface area contributed by atoms with Crippen LogP contribution in [0.5, 0.6) is 5.75 Å². The van der Waals surface area contributed by atoms with E-state index in [0.29, 0.717) is 5.56 Å². The van der Waals surface area contributed by atoms with E-state index in [1.165, 1.54) is 0 Å². The van der Waals surface area contributed by atoms with Crippen LogP contribution in [-0.4, -0.2) is 42.6 Å². The van der Waals surface area contributed by atoms with Gasteiger partial charge in [0.2, 0.25) is 0 Å². The number of hydrogen-bond donors (Lipinski definition) is 1. The highest BCUT2D eigenvalue weighted by atomic mass is 32.2. The highest BCUT2D eigenvalue weighted by molar-refractivity contribution is 7.99. The van der Waals surface area contributed by atoms with Gasteiger partial charge in [-0.2, -0.15) is 11.8 Å². The monoisotopic (exact) mass is 423 g/mol. The molecule has 1 amide bonds. The van der Waals surface area contributed by atoms with Crippen LogP contribution in [0.25, 0.3) is 11.3 Å². The summed E-state index contributed by atoms with van der Waals surface area (Å²) in [6.45, 7) is 3.66. The number of hydrogen-bond acceptors (Lipinski definition) is 6. The van der Waals surface area contributed by atoms with Crippen LogP contribution in [0.4, 0.5) is 5.82 Å². The van der Waals surface area contributed by atoms with Crippen molar-refractivity contribution in [3.63, 3.8) is 0 Å². The average molecular weight is 424 g/mol. The molecule has 0 spiro atoms. The number of methoxy groups -OCH3 is 1. The van der Waals surface area contributed by atoms with Gasteiger partial charge in [-0.15, -0.1) is 0 Å². The predicted molar refractivity (Wildman–Crippen MR) is 120 cm³/mol. The van der Waals surface area contributed by atoms with Crippen molar-refractivity contribution < 1.29 is 13.9 Å². The summed E-state index contributed by atoms with van der Waals surface area (Å²) in [6.07, 6.45) is 1.61. The Balaban J connectivity index is 1.65. The van der Waals surface area contributed by atoms with Gasteiger partial charge in [0.05, 0.1) is 30.7 Å². The second kappa shape index (κ2) is 9.26. The molecule has 1 aromatic carbocycles. The lowest BCUT2D eigenvalue weighted by Crippen LogP contribution is -2.36. The molecule has 30 heavy (non-hydrogen) atoms. The largest absolute Gasteiger partial charge is 0.497 e. The molecular weight excluding hydrogens is 398 g/mol. The van der Waals surface area contributed by atoms with Gasteiger partial charge in [0.1, 0.15) is 17.3 Å². The predicted octanol–water partition coefficient (Wildman–Crippen LogP) is 4.39. The molecule has 1 aliphatic heterocycles. The number of amides is 1. The van der Waals surface area contributed by atoms with Crippen molar-refractivity contribution in [1.82, 2.24) is 10.3 Å². The number of aromatic nitrogens is 1. The lowest BCUT2D eigenvalue weighted by Gasteiger charge is -2.29. The summed E-state index contributed by atoms with van der Waals surface area (Å²) >= 11 is 1.92. The summed E-state index contributed by atoms with van der Waals surface area (Å²) in [6, 6.07) is 15.0. The molecule has 0 radical (unpaired) electrons. The maximum atomic E-state index is 13.1. The van der Waals surface area contributed by atoms with Gasteiger partial charge in [-0.3, -0.25) is 4.79 Å². The molecule has 1 unspecified atom stereocenters. The zero-order valence-electron chi connectivity index (χ0n) is 17.1. The van der Waals surface area contributed by atoms with E-state index in [9.17, 15) is 4.79 Å². The van der Waals surface area contributed by atoms with E-state index < -0.39 is 0 Å². The Labute approximate surface area is 180 Å². The van der Waals surface area contributed by atoms with E-state index >= 15 is 0 Å². The number of pyridine rings is 1. The Morgan fingerprint density at radius 3 is 2.60 bits per heavy atom. The lowest BCUT2D eigenvalue weighted by molar-refractivity contribution is 0.0935. The van der Waals surface area contributed by atoms with Crippen LogP contribution in [-0.2, 0) is 0 Å². The van der Waals surface area contributed by atoms with Gasteiger partial charge in [0.25, 0.3) is 5.91 Å². The minimum Gasteiger partial charge on any atom is -0.497 e. The Bertz CT molecular complexity index is 983. The SMILES string of the molecule is COc1ccc(-c2ccc(C(=O)NC(C)c3ccco3)c(N3CCSCC3)n2)cc1. The minimum atomic E-state index is -0.224. The number of furan rings is 1. The summed E-state index contributed by atoms with van der Waals surface area (Å²) in [5, 5.41) is 3.03. The molecule has 2 aromatic heterocycles. The fraction of sp³-hybridized carbons (Fsp3) is 0.304. The zero-order valence-corrected chi connectivity index (χ0v) is 17.9. The molecule has 156 valence electrons. The fourth-order valence-electron chi connectivity index (χ4n) is 3.45. The second-order valence-electron chi connectivity index (χ2n) is 7.11. The molecule has 3 aromatic rings. The van der Waals surface area contributed by atoms with Crippen molar-refractivity contribution in [2.24, 2.45) is 0 Å².